The van der Waals surface area contributed by atoms with Crippen LogP contribution in [0.15, 0.2) is 30.3 Å². The summed E-state index contributed by atoms with van der Waals surface area (Å²) in [7, 11) is 0. The van der Waals surface area contributed by atoms with Crippen LogP contribution in [0.1, 0.15) is 12.0 Å². The number of hydrogen-bond donors (Lipinski definition) is 1. The molecular weight excluding hydrogens is 286 g/mol. The van der Waals surface area contributed by atoms with Gasteiger partial charge in [-0.2, -0.15) is 0 Å². The quantitative estimate of drug-likeness (QED) is 0.766. The number of carbonyl (C=O) groups excluding carboxylic acids is 2. The molecule has 1 N–H and O–H groups in total. The van der Waals surface area contributed by atoms with Crippen molar-refractivity contribution in [3.63, 3.8) is 0 Å². The molecule has 0 aliphatic rings. The number of benzene rings is 1. The molecule has 0 fully saturated rings. The van der Waals surface area contributed by atoms with Gasteiger partial charge in [0.15, 0.2) is 0 Å². The molecule has 5 heteroatoms. The van der Waals surface area contributed by atoms with Gasteiger partial charge in [-0.25, -0.2) is 0 Å². The van der Waals surface area contributed by atoms with Crippen LogP contribution >= 0.6 is 15.9 Å². The maximum absolute atomic E-state index is 11.3. The molecule has 92 valence electrons. The molecule has 0 radical (unpaired) electrons. The number of carboxylic acids is 1. The van der Waals surface area contributed by atoms with E-state index in [0.717, 1.165) is 5.56 Å². The van der Waals surface area contributed by atoms with E-state index in [0.29, 0.717) is 5.33 Å². The number of rotatable bonds is 6. The standard InChI is InChI=1S/C12H14BrNO3/c13-7-6-11(15)14-10(12(16)17)8-9-4-2-1-3-5-9/h1-5,10H,6-8H2,(H,14,15)(H,16,17)/p-1. The molecule has 0 bridgehead atoms. The van der Waals surface area contributed by atoms with Crippen LogP contribution in [0.3, 0.4) is 0 Å². The third-order valence-electron chi connectivity index (χ3n) is 2.22. The lowest BCUT2D eigenvalue weighted by Gasteiger charge is -2.19. The Hall–Kier alpha value is -1.36. The second-order valence-electron chi connectivity index (χ2n) is 3.57. The van der Waals surface area contributed by atoms with Gasteiger partial charge >= 0.3 is 0 Å². The highest BCUT2D eigenvalue weighted by Crippen LogP contribution is 2.03. The second-order valence-corrected chi connectivity index (χ2v) is 4.36. The van der Waals surface area contributed by atoms with Gasteiger partial charge in [-0.3, -0.25) is 4.79 Å². The first-order valence-corrected chi connectivity index (χ1v) is 6.35. The summed E-state index contributed by atoms with van der Waals surface area (Å²) in [6.07, 6.45) is 0.482. The average Bonchev–Trinajstić information content (AvgIpc) is 2.29. The maximum Gasteiger partial charge on any atom is 0.221 e. The smallest absolute Gasteiger partial charge is 0.221 e. The zero-order chi connectivity index (χ0) is 12.7. The van der Waals surface area contributed by atoms with E-state index in [1.165, 1.54) is 0 Å². The Morgan fingerprint density at radius 1 is 1.29 bits per heavy atom. The van der Waals surface area contributed by atoms with Crippen LogP contribution in [0, 0.1) is 0 Å². The lowest BCUT2D eigenvalue weighted by molar-refractivity contribution is -0.308. The van der Waals surface area contributed by atoms with Crippen molar-refractivity contribution >= 4 is 27.8 Å². The average molecular weight is 299 g/mol. The molecule has 1 aromatic rings. The van der Waals surface area contributed by atoms with Crippen molar-refractivity contribution in [3.05, 3.63) is 35.9 Å². The first-order chi connectivity index (χ1) is 8.13. The maximum atomic E-state index is 11.3. The second kappa shape index (κ2) is 7.06. The van der Waals surface area contributed by atoms with Gasteiger partial charge in [0.05, 0.1) is 12.0 Å². The summed E-state index contributed by atoms with van der Waals surface area (Å²) in [4.78, 5) is 22.2. The molecule has 17 heavy (non-hydrogen) atoms. The van der Waals surface area contributed by atoms with Gasteiger partial charge in [0.25, 0.3) is 0 Å². The number of aliphatic carboxylic acids is 1. The van der Waals surface area contributed by atoms with E-state index in [-0.39, 0.29) is 18.7 Å². The van der Waals surface area contributed by atoms with Gasteiger partial charge < -0.3 is 15.2 Å². The molecule has 0 heterocycles. The molecule has 0 aliphatic carbocycles. The zero-order valence-corrected chi connectivity index (χ0v) is 10.8. The van der Waals surface area contributed by atoms with Crippen LogP contribution in [-0.2, 0) is 16.0 Å². The molecule has 4 nitrogen and oxygen atoms in total. The first kappa shape index (κ1) is 13.7. The number of hydrogen-bond acceptors (Lipinski definition) is 3. The number of halogens is 1. The minimum absolute atomic E-state index is 0.233. The molecule has 1 rings (SSSR count). The van der Waals surface area contributed by atoms with Crippen molar-refractivity contribution in [3.8, 4) is 0 Å². The molecule has 1 unspecified atom stereocenters. The van der Waals surface area contributed by atoms with Gasteiger partial charge in [0.1, 0.15) is 0 Å². The summed E-state index contributed by atoms with van der Waals surface area (Å²) < 4.78 is 0. The Bertz CT molecular complexity index is 381. The summed E-state index contributed by atoms with van der Waals surface area (Å²) in [5.74, 6) is -1.57. The molecule has 0 aliphatic heterocycles. The Labute approximate surface area is 108 Å². The van der Waals surface area contributed by atoms with Crippen LogP contribution in [0.2, 0.25) is 0 Å². The van der Waals surface area contributed by atoms with Gasteiger partial charge in [-0.1, -0.05) is 46.3 Å². The monoisotopic (exact) mass is 298 g/mol. The van der Waals surface area contributed by atoms with Crippen molar-refractivity contribution in [1.82, 2.24) is 5.32 Å². The molecule has 1 amide bonds. The van der Waals surface area contributed by atoms with Crippen molar-refractivity contribution in [2.45, 2.75) is 18.9 Å². The highest BCUT2D eigenvalue weighted by atomic mass is 79.9. The van der Waals surface area contributed by atoms with E-state index < -0.39 is 12.0 Å². The van der Waals surface area contributed by atoms with Crippen molar-refractivity contribution in [2.75, 3.05) is 5.33 Å². The predicted octanol–water partition coefficient (Wildman–Crippen LogP) is 0.249. The Kier molecular flexibility index (Phi) is 5.69. The Morgan fingerprint density at radius 2 is 1.94 bits per heavy atom. The Balaban J connectivity index is 2.61. The summed E-state index contributed by atoms with van der Waals surface area (Å²) in [6, 6.07) is 8.13. The predicted molar refractivity (Wildman–Crippen MR) is 65.5 cm³/mol. The van der Waals surface area contributed by atoms with Crippen LogP contribution in [0.4, 0.5) is 0 Å². The van der Waals surface area contributed by atoms with Crippen LogP contribution in [0.5, 0.6) is 0 Å². The van der Waals surface area contributed by atoms with Crippen LogP contribution in [-0.4, -0.2) is 23.2 Å². The summed E-state index contributed by atoms with van der Waals surface area (Å²) in [5, 5.41) is 13.8. The number of carbonyl (C=O) groups is 2. The van der Waals surface area contributed by atoms with Gasteiger partial charge in [0, 0.05) is 11.8 Å². The van der Waals surface area contributed by atoms with Gasteiger partial charge in [-0.15, -0.1) is 0 Å². The van der Waals surface area contributed by atoms with Crippen LogP contribution in [0.25, 0.3) is 0 Å². The molecule has 0 saturated carbocycles. The third kappa shape index (κ3) is 4.99. The van der Waals surface area contributed by atoms with E-state index in [2.05, 4.69) is 21.2 Å². The summed E-state index contributed by atoms with van der Waals surface area (Å²) in [5.41, 5.74) is 0.848. The van der Waals surface area contributed by atoms with Crippen molar-refractivity contribution < 1.29 is 14.7 Å². The number of amides is 1. The topological polar surface area (TPSA) is 69.2 Å². The lowest BCUT2D eigenvalue weighted by atomic mass is 10.1. The fraction of sp³-hybridized carbons (Fsp3) is 0.333. The molecular formula is C12H13BrNO3-. The van der Waals surface area contributed by atoms with Gasteiger partial charge in [0.2, 0.25) is 5.91 Å². The van der Waals surface area contributed by atoms with E-state index in [1.807, 2.05) is 30.3 Å². The number of alkyl halides is 1. The van der Waals surface area contributed by atoms with E-state index >= 15 is 0 Å². The lowest BCUT2D eigenvalue weighted by Crippen LogP contribution is -2.49. The molecule has 0 spiro atoms. The number of carboxylic acid groups (broad SMARTS) is 1. The molecule has 0 aromatic heterocycles. The van der Waals surface area contributed by atoms with Gasteiger partial charge in [-0.05, 0) is 12.0 Å². The van der Waals surface area contributed by atoms with Crippen LogP contribution < -0.4 is 10.4 Å². The summed E-state index contributed by atoms with van der Waals surface area (Å²) in [6.45, 7) is 0. The zero-order valence-electron chi connectivity index (χ0n) is 9.19. The Morgan fingerprint density at radius 3 is 2.47 bits per heavy atom. The highest BCUT2D eigenvalue weighted by molar-refractivity contribution is 9.09. The van der Waals surface area contributed by atoms with E-state index in [9.17, 15) is 14.7 Å². The van der Waals surface area contributed by atoms with Crippen molar-refractivity contribution in [1.29, 1.82) is 0 Å². The summed E-state index contributed by atoms with van der Waals surface area (Å²) >= 11 is 3.12. The fourth-order valence-corrected chi connectivity index (χ4v) is 1.76. The minimum Gasteiger partial charge on any atom is -0.548 e. The normalized spacial score (nSPS) is 11.8. The number of nitrogens with one attached hydrogen (secondary N) is 1. The molecule has 1 atom stereocenters. The van der Waals surface area contributed by atoms with E-state index in [1.54, 1.807) is 0 Å². The molecule has 1 aromatic carbocycles. The van der Waals surface area contributed by atoms with Crippen molar-refractivity contribution in [2.24, 2.45) is 0 Å². The van der Waals surface area contributed by atoms with E-state index in [4.69, 9.17) is 0 Å². The fourth-order valence-electron chi connectivity index (χ4n) is 1.40. The third-order valence-corrected chi connectivity index (χ3v) is 2.62. The SMILES string of the molecule is O=C(CCBr)NC(Cc1ccccc1)C(=O)[O-]. The largest absolute Gasteiger partial charge is 0.548 e. The first-order valence-electron chi connectivity index (χ1n) is 5.23. The highest BCUT2D eigenvalue weighted by Gasteiger charge is 2.13. The minimum atomic E-state index is -1.27. The molecule has 0 saturated heterocycles.